The van der Waals surface area contributed by atoms with Crippen LogP contribution in [0.25, 0.3) is 16.8 Å². The number of nitrogens with two attached hydrogens (primary N) is 1. The fourth-order valence-corrected chi connectivity index (χ4v) is 5.02. The number of pyridine rings is 1. The monoisotopic (exact) mass is 577 g/mol. The molecular weight excluding hydrogens is 544 g/mol. The summed E-state index contributed by atoms with van der Waals surface area (Å²) < 4.78 is 29.8. The molecule has 0 atom stereocenters. The summed E-state index contributed by atoms with van der Waals surface area (Å²) >= 11 is 0. The first-order chi connectivity index (χ1) is 19.7. The van der Waals surface area contributed by atoms with E-state index in [1.54, 1.807) is 41.1 Å². The molecule has 4 N–H and O–H groups in total. The van der Waals surface area contributed by atoms with Crippen LogP contribution in [0.3, 0.4) is 0 Å². The average molecular weight is 578 g/mol. The minimum atomic E-state index is -2.71. The number of carbonyl (C=O) groups excluding carboxylic acids is 1. The predicted octanol–water partition coefficient (Wildman–Crippen LogP) is 5.02. The van der Waals surface area contributed by atoms with Crippen LogP contribution in [0.5, 0.6) is 0 Å². The number of aliphatic hydroxyl groups is 1. The van der Waals surface area contributed by atoms with Crippen LogP contribution in [0.15, 0.2) is 58.1 Å². The van der Waals surface area contributed by atoms with E-state index in [9.17, 15) is 18.7 Å². The van der Waals surface area contributed by atoms with Crippen LogP contribution in [0.1, 0.15) is 59.7 Å². The van der Waals surface area contributed by atoms with Crippen molar-refractivity contribution in [2.24, 2.45) is 21.2 Å². The Hall–Kier alpha value is -4.52. The third-order valence-corrected chi connectivity index (χ3v) is 7.20. The van der Waals surface area contributed by atoms with E-state index in [-0.39, 0.29) is 18.7 Å². The third kappa shape index (κ3) is 5.91. The van der Waals surface area contributed by atoms with Crippen LogP contribution in [-0.2, 0) is 6.54 Å². The molecule has 3 heterocycles. The molecule has 3 aromatic heterocycles. The van der Waals surface area contributed by atoms with Gasteiger partial charge in [-0.2, -0.15) is 15.3 Å². The van der Waals surface area contributed by atoms with Crippen LogP contribution in [0.4, 0.5) is 14.5 Å². The molecule has 1 fully saturated rings. The third-order valence-electron chi connectivity index (χ3n) is 7.20. The van der Waals surface area contributed by atoms with E-state index in [0.717, 1.165) is 28.1 Å². The number of hydrazone groups is 1. The summed E-state index contributed by atoms with van der Waals surface area (Å²) in [5.41, 5.74) is 5.19. The number of hydrogen-bond acceptors (Lipinski definition) is 7. The number of imidazole rings is 1. The molecule has 1 aliphatic carbocycles. The molecule has 220 valence electrons. The van der Waals surface area contributed by atoms with Gasteiger partial charge in [-0.25, -0.2) is 13.8 Å². The molecule has 1 aromatic carbocycles. The summed E-state index contributed by atoms with van der Waals surface area (Å²) in [5, 5.41) is 29.4. The van der Waals surface area contributed by atoms with Crippen molar-refractivity contribution in [1.82, 2.24) is 19.2 Å². The number of alkyl halides is 2. The molecule has 5 rings (SSSR count). The predicted molar refractivity (Wildman–Crippen MR) is 155 cm³/mol. The highest BCUT2D eigenvalue weighted by molar-refractivity contribution is 6.05. The quantitative estimate of drug-likeness (QED) is 0.0928. The maximum absolute atomic E-state index is 13.5. The summed E-state index contributed by atoms with van der Waals surface area (Å²) in [4.78, 5) is 17.9. The number of azo groups is 1. The first-order valence-corrected chi connectivity index (χ1v) is 13.5. The van der Waals surface area contributed by atoms with E-state index in [2.05, 4.69) is 30.7 Å². The van der Waals surface area contributed by atoms with Gasteiger partial charge in [0.05, 0.1) is 30.1 Å². The number of amides is 1. The van der Waals surface area contributed by atoms with Crippen molar-refractivity contribution < 1.29 is 18.7 Å². The second-order valence-corrected chi connectivity index (χ2v) is 11.4. The number of aromatic nitrogens is 4. The first-order valence-electron chi connectivity index (χ1n) is 13.5. The number of carbonyl (C=O) groups is 1. The molecule has 0 spiro atoms. The lowest BCUT2D eigenvalue weighted by Crippen LogP contribution is -2.38. The Kier molecular flexibility index (Phi) is 7.39. The Labute approximate surface area is 241 Å². The van der Waals surface area contributed by atoms with Crippen molar-refractivity contribution in [2.45, 2.75) is 71.6 Å². The number of nitrogens with zero attached hydrogens (tertiary/aromatic N) is 7. The number of nitrogens with one attached hydrogen (secondary N) is 1. The average Bonchev–Trinajstić information content (AvgIpc) is 3.43. The van der Waals surface area contributed by atoms with Gasteiger partial charge < -0.3 is 16.3 Å². The van der Waals surface area contributed by atoms with Crippen molar-refractivity contribution >= 4 is 23.1 Å². The molecule has 0 unspecified atom stereocenters. The zero-order chi connectivity index (χ0) is 30.4. The molecule has 0 aliphatic heterocycles. The maximum Gasteiger partial charge on any atom is 0.274 e. The number of rotatable bonds is 7. The number of fused-ring (bicyclic) bond motifs is 1. The highest BCUT2D eigenvalue weighted by atomic mass is 19.3. The molecule has 0 radical (unpaired) electrons. The van der Waals surface area contributed by atoms with E-state index >= 15 is 0 Å². The van der Waals surface area contributed by atoms with Crippen LogP contribution >= 0.6 is 0 Å². The topological polar surface area (TPSA) is 148 Å². The highest BCUT2D eigenvalue weighted by Gasteiger charge is 2.45. The first kappa shape index (κ1) is 29.0. The zero-order valence-electron chi connectivity index (χ0n) is 24.1. The van der Waals surface area contributed by atoms with Gasteiger partial charge in [0, 0.05) is 47.1 Å². The summed E-state index contributed by atoms with van der Waals surface area (Å²) in [7, 11) is 0. The molecule has 4 aromatic rings. The minimum absolute atomic E-state index is 0.0658. The molecule has 42 heavy (non-hydrogen) atoms. The molecular formula is C29H33F2N9O2. The Balaban J connectivity index is 1.40. The SMILES string of the molecule is Cc1ccc(/C(N=NC2CC(F)(F)C2)=N/N)cc1NC(=O)c1cnc2ccc(-c3c(C)nn(CC(C)(C)O)c3C)cn12. The fraction of sp³-hybridized carbons (Fsp3) is 0.379. The van der Waals surface area contributed by atoms with Gasteiger partial charge in [0.25, 0.3) is 11.8 Å². The Bertz CT molecular complexity index is 1720. The molecule has 0 saturated heterocycles. The zero-order valence-corrected chi connectivity index (χ0v) is 24.1. The molecule has 11 nitrogen and oxygen atoms in total. The summed E-state index contributed by atoms with van der Waals surface area (Å²) in [6, 6.07) is 8.32. The highest BCUT2D eigenvalue weighted by Crippen LogP contribution is 2.39. The lowest BCUT2D eigenvalue weighted by molar-refractivity contribution is -0.0847. The lowest BCUT2D eigenvalue weighted by Gasteiger charge is -2.30. The largest absolute Gasteiger partial charge is 0.389 e. The molecule has 1 saturated carbocycles. The Morgan fingerprint density at radius 1 is 1.21 bits per heavy atom. The standard InChI is InChI=1S/C29H33F2N9O2/c1-16-6-7-19(26(35-32)37-36-21-11-29(30,31)12-21)10-22(16)34-27(41)23-13-33-24-9-8-20(14-39(23)24)25-17(2)38-40(18(25)3)15-28(4,5)42/h6-10,13-14,21,42H,11-12,15,32H2,1-5H3,(H,34,41)/b35-26-,37-36?. The van der Waals surface area contributed by atoms with Crippen molar-refractivity contribution in [3.63, 3.8) is 0 Å². The number of halogens is 2. The summed E-state index contributed by atoms with van der Waals surface area (Å²) in [6.07, 6.45) is 2.63. The van der Waals surface area contributed by atoms with Crippen molar-refractivity contribution in [3.8, 4) is 11.1 Å². The number of benzene rings is 1. The fourth-order valence-electron chi connectivity index (χ4n) is 5.02. The van der Waals surface area contributed by atoms with Gasteiger partial charge in [-0.05, 0) is 58.4 Å². The lowest BCUT2D eigenvalue weighted by atomic mass is 9.89. The summed E-state index contributed by atoms with van der Waals surface area (Å²) in [5.74, 6) is 2.48. The van der Waals surface area contributed by atoms with Crippen molar-refractivity contribution in [2.75, 3.05) is 5.32 Å². The van der Waals surface area contributed by atoms with E-state index in [1.807, 2.05) is 39.1 Å². The second-order valence-electron chi connectivity index (χ2n) is 11.4. The normalized spacial score (nSPS) is 15.9. The molecule has 0 bridgehead atoms. The van der Waals surface area contributed by atoms with Crippen LogP contribution in [0, 0.1) is 20.8 Å². The van der Waals surface area contributed by atoms with Gasteiger partial charge in [-0.1, -0.05) is 12.1 Å². The number of amidine groups is 1. The van der Waals surface area contributed by atoms with Gasteiger partial charge in [0.2, 0.25) is 0 Å². The minimum Gasteiger partial charge on any atom is -0.389 e. The summed E-state index contributed by atoms with van der Waals surface area (Å²) in [6.45, 7) is 9.49. The number of hydrogen-bond donors (Lipinski definition) is 3. The second kappa shape index (κ2) is 10.7. The van der Waals surface area contributed by atoms with Gasteiger partial charge in [0.1, 0.15) is 11.3 Å². The van der Waals surface area contributed by atoms with E-state index in [0.29, 0.717) is 29.1 Å². The number of aryl methyl sites for hydroxylation is 2. The molecule has 1 amide bonds. The van der Waals surface area contributed by atoms with Crippen molar-refractivity contribution in [3.05, 3.63) is 70.9 Å². The van der Waals surface area contributed by atoms with Gasteiger partial charge in [-0.15, -0.1) is 5.11 Å². The molecule has 1 aliphatic rings. The van der Waals surface area contributed by atoms with Gasteiger partial charge in [-0.3, -0.25) is 13.9 Å². The Morgan fingerprint density at radius 3 is 2.62 bits per heavy atom. The Morgan fingerprint density at radius 2 is 1.95 bits per heavy atom. The van der Waals surface area contributed by atoms with Crippen molar-refractivity contribution in [1.29, 1.82) is 0 Å². The van der Waals surface area contributed by atoms with E-state index in [1.165, 1.54) is 6.20 Å². The van der Waals surface area contributed by atoms with Crippen LogP contribution in [-0.4, -0.2) is 53.6 Å². The molecule has 13 heteroatoms. The van der Waals surface area contributed by atoms with Crippen LogP contribution < -0.4 is 11.2 Å². The number of anilines is 1. The van der Waals surface area contributed by atoms with Crippen LogP contribution in [0.2, 0.25) is 0 Å². The van der Waals surface area contributed by atoms with E-state index < -0.39 is 23.5 Å². The van der Waals surface area contributed by atoms with Gasteiger partial charge >= 0.3 is 0 Å². The van der Waals surface area contributed by atoms with Gasteiger partial charge in [0.15, 0.2) is 5.84 Å². The maximum atomic E-state index is 13.5. The van der Waals surface area contributed by atoms with E-state index in [4.69, 9.17) is 5.84 Å². The smallest absolute Gasteiger partial charge is 0.274 e.